The number of hydrogen-bond acceptors (Lipinski definition) is 10. The Bertz CT molecular complexity index is 1110. The zero-order valence-electron chi connectivity index (χ0n) is 35.6. The minimum Gasteiger partial charge on any atom is -0.462 e. The lowest BCUT2D eigenvalue weighted by atomic mass is 9.99. The summed E-state index contributed by atoms with van der Waals surface area (Å²) in [6.45, 7) is 3.31. The lowest BCUT2D eigenvalue weighted by Gasteiger charge is -2.39. The van der Waals surface area contributed by atoms with Gasteiger partial charge in [0.15, 0.2) is 12.4 Å². The van der Waals surface area contributed by atoms with E-state index in [1.807, 2.05) is 6.08 Å². The normalized spacial score (nSPS) is 20.8. The predicted molar refractivity (Wildman–Crippen MR) is 228 cm³/mol. The molecule has 1 saturated heterocycles. The number of aliphatic hydroxyl groups excluding tert-OH is 4. The predicted octanol–water partition coefficient (Wildman–Crippen LogP) is 9.44. The molecule has 0 amide bonds. The van der Waals surface area contributed by atoms with Gasteiger partial charge in [0, 0.05) is 12.8 Å². The third kappa shape index (κ3) is 29.3. The molecule has 0 aliphatic carbocycles. The van der Waals surface area contributed by atoms with Crippen LogP contribution >= 0.6 is 0 Å². The van der Waals surface area contributed by atoms with Crippen LogP contribution < -0.4 is 0 Å². The van der Waals surface area contributed by atoms with E-state index in [-0.39, 0.29) is 26.1 Å². The summed E-state index contributed by atoms with van der Waals surface area (Å²) in [5.74, 6) is -0.881. The molecular formula is C47H80O10. The molecule has 4 N–H and O–H groups in total. The van der Waals surface area contributed by atoms with Gasteiger partial charge in [0.05, 0.1) is 13.2 Å². The van der Waals surface area contributed by atoms with Crippen LogP contribution in [-0.2, 0) is 28.5 Å². The molecule has 0 aromatic rings. The van der Waals surface area contributed by atoms with Crippen LogP contribution in [0.15, 0.2) is 60.8 Å². The molecule has 1 fully saturated rings. The second-order valence-corrected chi connectivity index (χ2v) is 15.1. The van der Waals surface area contributed by atoms with E-state index < -0.39 is 55.4 Å². The Morgan fingerprint density at radius 1 is 0.544 bits per heavy atom. The molecule has 0 aromatic carbocycles. The van der Waals surface area contributed by atoms with Crippen molar-refractivity contribution in [1.29, 1.82) is 0 Å². The first-order chi connectivity index (χ1) is 27.8. The van der Waals surface area contributed by atoms with Crippen LogP contribution in [-0.4, -0.2) is 89.0 Å². The third-order valence-corrected chi connectivity index (χ3v) is 9.88. The molecule has 10 nitrogen and oxygen atoms in total. The summed E-state index contributed by atoms with van der Waals surface area (Å²) >= 11 is 0. The minimum atomic E-state index is -1.61. The van der Waals surface area contributed by atoms with Gasteiger partial charge in [-0.2, -0.15) is 0 Å². The first-order valence-corrected chi connectivity index (χ1v) is 22.4. The van der Waals surface area contributed by atoms with Gasteiger partial charge in [-0.1, -0.05) is 139 Å². The molecule has 0 spiro atoms. The molecule has 0 saturated carbocycles. The molecule has 0 aromatic heterocycles. The summed E-state index contributed by atoms with van der Waals surface area (Å²) in [7, 11) is 0. The van der Waals surface area contributed by atoms with Gasteiger partial charge < -0.3 is 39.4 Å². The molecule has 2 unspecified atom stereocenters. The summed E-state index contributed by atoms with van der Waals surface area (Å²) in [5, 5.41) is 40.0. The molecule has 10 heteroatoms. The Balaban J connectivity index is 2.39. The quantitative estimate of drug-likeness (QED) is 0.0274. The van der Waals surface area contributed by atoms with E-state index in [1.54, 1.807) is 0 Å². The molecule has 1 aliphatic rings. The highest BCUT2D eigenvalue weighted by atomic mass is 16.7. The van der Waals surface area contributed by atoms with Crippen molar-refractivity contribution in [2.45, 2.75) is 205 Å². The maximum absolute atomic E-state index is 12.7. The first kappa shape index (κ1) is 52.4. The van der Waals surface area contributed by atoms with Crippen molar-refractivity contribution in [3.05, 3.63) is 60.8 Å². The van der Waals surface area contributed by atoms with E-state index in [9.17, 15) is 30.0 Å². The maximum atomic E-state index is 12.7. The molecular weight excluding hydrogens is 725 g/mol. The van der Waals surface area contributed by atoms with Gasteiger partial charge in [0.2, 0.25) is 0 Å². The van der Waals surface area contributed by atoms with Crippen LogP contribution in [0.4, 0.5) is 0 Å². The van der Waals surface area contributed by atoms with Gasteiger partial charge in [0.1, 0.15) is 31.0 Å². The zero-order chi connectivity index (χ0) is 41.6. The van der Waals surface area contributed by atoms with E-state index in [2.05, 4.69) is 68.5 Å². The highest BCUT2D eigenvalue weighted by Gasteiger charge is 2.44. The molecule has 6 atom stereocenters. The summed E-state index contributed by atoms with van der Waals surface area (Å²) in [5.41, 5.74) is 0. The summed E-state index contributed by atoms with van der Waals surface area (Å²) in [6, 6.07) is 0. The fourth-order valence-corrected chi connectivity index (χ4v) is 6.29. The highest BCUT2D eigenvalue weighted by molar-refractivity contribution is 5.70. The van der Waals surface area contributed by atoms with E-state index in [0.717, 1.165) is 51.4 Å². The van der Waals surface area contributed by atoms with E-state index in [1.165, 1.54) is 70.6 Å². The largest absolute Gasteiger partial charge is 0.462 e. The van der Waals surface area contributed by atoms with Gasteiger partial charge in [-0.15, -0.1) is 0 Å². The lowest BCUT2D eigenvalue weighted by molar-refractivity contribution is -0.305. The first-order valence-electron chi connectivity index (χ1n) is 22.4. The average Bonchev–Trinajstić information content (AvgIpc) is 3.21. The molecule has 1 heterocycles. The number of aliphatic hydroxyl groups is 4. The molecule has 0 bridgehead atoms. The van der Waals surface area contributed by atoms with Crippen LogP contribution in [0, 0.1) is 0 Å². The molecule has 0 radical (unpaired) electrons. The van der Waals surface area contributed by atoms with Gasteiger partial charge in [0.25, 0.3) is 0 Å². The van der Waals surface area contributed by atoms with Crippen LogP contribution in [0.3, 0.4) is 0 Å². The van der Waals surface area contributed by atoms with Gasteiger partial charge in [-0.3, -0.25) is 9.59 Å². The topological polar surface area (TPSA) is 152 Å². The summed E-state index contributed by atoms with van der Waals surface area (Å²) < 4.78 is 22.1. The number of hydrogen-bond donors (Lipinski definition) is 4. The monoisotopic (exact) mass is 805 g/mol. The van der Waals surface area contributed by atoms with Crippen molar-refractivity contribution in [1.82, 2.24) is 0 Å². The number of unbranched alkanes of at least 4 members (excludes halogenated alkanes) is 15. The molecule has 1 aliphatic heterocycles. The lowest BCUT2D eigenvalue weighted by Crippen LogP contribution is -2.59. The Morgan fingerprint density at radius 2 is 1.00 bits per heavy atom. The van der Waals surface area contributed by atoms with Gasteiger partial charge in [-0.25, -0.2) is 0 Å². The van der Waals surface area contributed by atoms with Crippen molar-refractivity contribution in [3.63, 3.8) is 0 Å². The maximum Gasteiger partial charge on any atom is 0.306 e. The van der Waals surface area contributed by atoms with E-state index >= 15 is 0 Å². The average molecular weight is 805 g/mol. The van der Waals surface area contributed by atoms with Crippen molar-refractivity contribution >= 4 is 11.9 Å². The number of allylic oxidation sites excluding steroid dienone is 10. The molecule has 57 heavy (non-hydrogen) atoms. The highest BCUT2D eigenvalue weighted by Crippen LogP contribution is 2.22. The Hall–Kier alpha value is -2.60. The van der Waals surface area contributed by atoms with Crippen molar-refractivity contribution in [2.24, 2.45) is 0 Å². The van der Waals surface area contributed by atoms with Crippen molar-refractivity contribution < 1.29 is 49.0 Å². The fourth-order valence-electron chi connectivity index (χ4n) is 6.29. The van der Waals surface area contributed by atoms with Crippen LogP contribution in [0.1, 0.15) is 168 Å². The zero-order valence-corrected chi connectivity index (χ0v) is 35.6. The number of esters is 2. The number of carbonyl (C=O) groups is 2. The summed E-state index contributed by atoms with van der Waals surface area (Å²) in [6.07, 6.45) is 38.0. The number of ether oxygens (including phenoxy) is 4. The SMILES string of the molecule is CCCCC/C=C/C/C=C/C/C=C/C/C=C/CCCC(=O)O[C@H](COC(=O)CCCCCCCCC/C=C/CCCCCC)CO[C@@H]1O[C@H](CO)[C@H](O)C(O)C1O. The van der Waals surface area contributed by atoms with Crippen molar-refractivity contribution in [2.75, 3.05) is 19.8 Å². The van der Waals surface area contributed by atoms with Crippen LogP contribution in [0.5, 0.6) is 0 Å². The second kappa shape index (κ2) is 37.7. The van der Waals surface area contributed by atoms with Crippen LogP contribution in [0.2, 0.25) is 0 Å². The fraction of sp³-hybridized carbons (Fsp3) is 0.745. The van der Waals surface area contributed by atoms with E-state index in [4.69, 9.17) is 18.9 Å². The molecule has 328 valence electrons. The van der Waals surface area contributed by atoms with Gasteiger partial charge in [-0.05, 0) is 77.0 Å². The van der Waals surface area contributed by atoms with Gasteiger partial charge >= 0.3 is 11.9 Å². The van der Waals surface area contributed by atoms with Crippen molar-refractivity contribution in [3.8, 4) is 0 Å². The van der Waals surface area contributed by atoms with E-state index in [0.29, 0.717) is 19.3 Å². The van der Waals surface area contributed by atoms with Crippen LogP contribution in [0.25, 0.3) is 0 Å². The summed E-state index contributed by atoms with van der Waals surface area (Å²) in [4.78, 5) is 25.3. The number of rotatable bonds is 36. The minimum absolute atomic E-state index is 0.151. The third-order valence-electron chi connectivity index (χ3n) is 9.88. The smallest absolute Gasteiger partial charge is 0.306 e. The Labute approximate surface area is 345 Å². The second-order valence-electron chi connectivity index (χ2n) is 15.1. The number of carbonyl (C=O) groups excluding carboxylic acids is 2. The Kier molecular flexibility index (Phi) is 34.6. The standard InChI is InChI=1S/C47H80O10/c1-3-5-7-9-11-13-15-17-19-20-22-24-26-28-30-32-34-36-43(50)56-40(39-55-47-46(53)45(52)44(51)41(37-48)57-47)38-54-42(49)35-33-31-29-27-25-23-21-18-16-14-12-10-8-6-4-2/h11,13-14,16-17,19,22,24,28,30,40-41,44-48,51-53H,3-10,12,15,18,20-21,23,25-27,29,31-39H2,1-2H3/b13-11+,16-14+,19-17+,24-22+,30-28+/t40-,41-,44+,45?,46?,47-/m1/s1. The molecule has 1 rings (SSSR count). The Morgan fingerprint density at radius 3 is 1.58 bits per heavy atom.